The van der Waals surface area contributed by atoms with E-state index in [0.29, 0.717) is 13.0 Å². The van der Waals surface area contributed by atoms with E-state index in [1.165, 1.54) is 0 Å². The molecule has 0 rings (SSSR count). The summed E-state index contributed by atoms with van der Waals surface area (Å²) in [4.78, 5) is 4.16. The van der Waals surface area contributed by atoms with E-state index in [-0.39, 0.29) is 24.0 Å². The predicted octanol–water partition coefficient (Wildman–Crippen LogP) is 3.97. The van der Waals surface area contributed by atoms with E-state index >= 15 is 0 Å². The molecule has 2 unspecified atom stereocenters. The molecule has 0 amide bonds. The number of allylic oxidation sites excluding steroid dienone is 3. The van der Waals surface area contributed by atoms with Crippen molar-refractivity contribution in [3.05, 3.63) is 48.6 Å². The van der Waals surface area contributed by atoms with E-state index in [4.69, 9.17) is 4.74 Å². The van der Waals surface area contributed by atoms with Gasteiger partial charge in [-0.05, 0) is 35.3 Å². The Morgan fingerprint density at radius 2 is 1.82 bits per heavy atom. The molecule has 0 saturated heterocycles. The van der Waals surface area contributed by atoms with Gasteiger partial charge in [-0.1, -0.05) is 52.7 Å². The Hall–Kier alpha value is -1.45. The van der Waals surface area contributed by atoms with Gasteiger partial charge in [0.25, 0.3) is 0 Å². The highest BCUT2D eigenvalue weighted by molar-refractivity contribution is 5.34. The molecule has 0 fully saturated rings. The highest BCUT2D eigenvalue weighted by Gasteiger charge is 2.24. The van der Waals surface area contributed by atoms with Crippen LogP contribution in [0, 0.1) is 11.3 Å². The minimum absolute atomic E-state index is 0.0129. The predicted molar refractivity (Wildman–Crippen MR) is 96.4 cm³/mol. The molecule has 124 valence electrons. The zero-order chi connectivity index (χ0) is 17.3. The molecule has 0 aromatic carbocycles. The van der Waals surface area contributed by atoms with Crippen molar-refractivity contribution in [2.75, 3.05) is 20.3 Å². The number of hydrogen-bond donors (Lipinski definition) is 1. The van der Waals surface area contributed by atoms with Crippen LogP contribution in [0.2, 0.25) is 0 Å². The summed E-state index contributed by atoms with van der Waals surface area (Å²) in [6.07, 6.45) is 4.48. The summed E-state index contributed by atoms with van der Waals surface area (Å²) >= 11 is 0. The van der Waals surface area contributed by atoms with Crippen molar-refractivity contribution in [1.29, 1.82) is 0 Å². The molecule has 22 heavy (non-hydrogen) atoms. The maximum atomic E-state index is 9.34. The van der Waals surface area contributed by atoms with E-state index in [1.54, 1.807) is 7.11 Å². The highest BCUT2D eigenvalue weighted by Crippen LogP contribution is 2.29. The fourth-order valence-electron chi connectivity index (χ4n) is 2.08. The zero-order valence-electron chi connectivity index (χ0n) is 14.6. The molecule has 0 aromatic rings. The number of aliphatic hydroxyl groups excluding tert-OH is 1. The van der Waals surface area contributed by atoms with Crippen molar-refractivity contribution in [2.24, 2.45) is 16.3 Å². The van der Waals surface area contributed by atoms with Gasteiger partial charge in [-0.15, -0.1) is 0 Å². The second kappa shape index (κ2) is 9.54. The van der Waals surface area contributed by atoms with Crippen molar-refractivity contribution in [3.63, 3.8) is 0 Å². The highest BCUT2D eigenvalue weighted by atomic mass is 16.5. The second-order valence-corrected chi connectivity index (χ2v) is 6.52. The standard InChI is InChI=1S/C19H31NO2/c1-14(9-10-16(3)19(4,5)6)17(11-12-21)18(20-7)15(2)13-22-8/h9-10,17-18,21H,1-3,7,11-13H2,4-6,8H3/b10-9-. The number of ether oxygens (including phenoxy) is 1. The third-order valence-corrected chi connectivity index (χ3v) is 3.70. The minimum atomic E-state index is -0.216. The van der Waals surface area contributed by atoms with Crippen LogP contribution in [0.15, 0.2) is 53.6 Å². The van der Waals surface area contributed by atoms with Gasteiger partial charge in [0.05, 0.1) is 12.6 Å². The Morgan fingerprint density at radius 3 is 2.23 bits per heavy atom. The van der Waals surface area contributed by atoms with Gasteiger partial charge >= 0.3 is 0 Å². The fourth-order valence-corrected chi connectivity index (χ4v) is 2.08. The average molecular weight is 305 g/mol. The van der Waals surface area contributed by atoms with Crippen LogP contribution in [0.3, 0.4) is 0 Å². The average Bonchev–Trinajstić information content (AvgIpc) is 2.43. The van der Waals surface area contributed by atoms with Crippen molar-refractivity contribution in [3.8, 4) is 0 Å². The topological polar surface area (TPSA) is 41.8 Å². The Labute approximate surface area is 135 Å². The van der Waals surface area contributed by atoms with Gasteiger partial charge in [-0.2, -0.15) is 0 Å². The monoisotopic (exact) mass is 305 g/mol. The fraction of sp³-hybridized carbons (Fsp3) is 0.526. The number of aliphatic hydroxyl groups is 1. The summed E-state index contributed by atoms with van der Waals surface area (Å²) in [7, 11) is 1.62. The smallest absolute Gasteiger partial charge is 0.0790 e. The van der Waals surface area contributed by atoms with E-state index in [2.05, 4.69) is 52.2 Å². The molecule has 0 saturated carbocycles. The van der Waals surface area contributed by atoms with Crippen LogP contribution in [0.4, 0.5) is 0 Å². The van der Waals surface area contributed by atoms with Crippen LogP contribution in [0.1, 0.15) is 27.2 Å². The number of rotatable bonds is 10. The van der Waals surface area contributed by atoms with Crippen molar-refractivity contribution in [2.45, 2.75) is 33.2 Å². The molecule has 0 aliphatic heterocycles. The van der Waals surface area contributed by atoms with Gasteiger partial charge in [0.1, 0.15) is 0 Å². The van der Waals surface area contributed by atoms with Gasteiger partial charge in [0.2, 0.25) is 0 Å². The van der Waals surface area contributed by atoms with E-state index in [0.717, 1.165) is 16.7 Å². The first-order valence-electron chi connectivity index (χ1n) is 7.48. The lowest BCUT2D eigenvalue weighted by Gasteiger charge is -2.26. The van der Waals surface area contributed by atoms with Crippen LogP contribution in [-0.4, -0.2) is 38.2 Å². The largest absolute Gasteiger partial charge is 0.396 e. The Balaban J connectivity index is 5.18. The molecule has 3 nitrogen and oxygen atoms in total. The van der Waals surface area contributed by atoms with Crippen molar-refractivity contribution >= 4 is 6.72 Å². The first kappa shape index (κ1) is 20.6. The van der Waals surface area contributed by atoms with E-state index in [9.17, 15) is 5.11 Å². The molecule has 0 bridgehead atoms. The van der Waals surface area contributed by atoms with E-state index in [1.807, 2.05) is 12.2 Å². The van der Waals surface area contributed by atoms with Gasteiger partial charge in [-0.3, -0.25) is 4.99 Å². The first-order valence-corrected chi connectivity index (χ1v) is 7.48. The first-order chi connectivity index (χ1) is 10.2. The molecule has 0 aromatic heterocycles. The minimum Gasteiger partial charge on any atom is -0.396 e. The lowest BCUT2D eigenvalue weighted by molar-refractivity contribution is 0.213. The molecular weight excluding hydrogens is 274 g/mol. The Bertz CT molecular complexity index is 441. The van der Waals surface area contributed by atoms with Crippen LogP contribution in [-0.2, 0) is 4.74 Å². The molecule has 0 spiro atoms. The summed E-state index contributed by atoms with van der Waals surface area (Å²) in [5, 5.41) is 9.34. The summed E-state index contributed by atoms with van der Waals surface area (Å²) in [6, 6.07) is -0.216. The summed E-state index contributed by atoms with van der Waals surface area (Å²) in [5.74, 6) is -0.0471. The maximum Gasteiger partial charge on any atom is 0.0790 e. The molecule has 0 aliphatic carbocycles. The van der Waals surface area contributed by atoms with Crippen LogP contribution in [0.25, 0.3) is 0 Å². The lowest BCUT2D eigenvalue weighted by atomic mass is 9.83. The van der Waals surface area contributed by atoms with Crippen LogP contribution < -0.4 is 0 Å². The lowest BCUT2D eigenvalue weighted by Crippen LogP contribution is -2.25. The molecule has 1 N–H and O–H groups in total. The van der Waals surface area contributed by atoms with Crippen LogP contribution in [0.5, 0.6) is 0 Å². The van der Waals surface area contributed by atoms with Gasteiger partial charge in [0, 0.05) is 19.6 Å². The molecule has 3 heteroatoms. The maximum absolute atomic E-state index is 9.34. The molecule has 0 radical (unpaired) electrons. The van der Waals surface area contributed by atoms with E-state index < -0.39 is 0 Å². The summed E-state index contributed by atoms with van der Waals surface area (Å²) < 4.78 is 5.13. The number of hydrogen-bond acceptors (Lipinski definition) is 3. The summed E-state index contributed by atoms with van der Waals surface area (Å²) in [5.41, 5.74) is 2.75. The van der Waals surface area contributed by atoms with Crippen molar-refractivity contribution < 1.29 is 9.84 Å². The third-order valence-electron chi connectivity index (χ3n) is 3.70. The van der Waals surface area contributed by atoms with Gasteiger partial charge in [0.15, 0.2) is 0 Å². The zero-order valence-corrected chi connectivity index (χ0v) is 14.6. The summed E-state index contributed by atoms with van der Waals surface area (Å²) in [6.45, 7) is 22.7. The quantitative estimate of drug-likeness (QED) is 0.377. The number of methoxy groups -OCH3 is 1. The molecule has 0 aliphatic rings. The Kier molecular flexibility index (Phi) is 8.91. The SMILES string of the molecule is C=NC(C(=C)COC)C(CCO)C(=C)/C=C\C(=C)C(C)(C)C. The third kappa shape index (κ3) is 6.54. The van der Waals surface area contributed by atoms with Gasteiger partial charge in [-0.25, -0.2) is 0 Å². The normalized spacial score (nSPS) is 14.6. The van der Waals surface area contributed by atoms with Crippen LogP contribution >= 0.6 is 0 Å². The molecule has 0 heterocycles. The molecular formula is C19H31NO2. The number of aliphatic imine (C=N–C) groups is 1. The molecule has 2 atom stereocenters. The number of nitrogens with zero attached hydrogens (tertiary/aromatic N) is 1. The van der Waals surface area contributed by atoms with Crippen molar-refractivity contribution in [1.82, 2.24) is 0 Å². The second-order valence-electron chi connectivity index (χ2n) is 6.52. The van der Waals surface area contributed by atoms with Gasteiger partial charge < -0.3 is 9.84 Å². The Morgan fingerprint density at radius 1 is 1.23 bits per heavy atom.